The lowest BCUT2D eigenvalue weighted by Crippen LogP contribution is -2.47. The normalized spacial score (nSPS) is 15.1. The van der Waals surface area contributed by atoms with Crippen LogP contribution in [0.4, 0.5) is 0 Å². The lowest BCUT2D eigenvalue weighted by atomic mass is 10.00. The zero-order valence-corrected chi connectivity index (χ0v) is 13.6. The van der Waals surface area contributed by atoms with Gasteiger partial charge in [-0.05, 0) is 12.3 Å². The van der Waals surface area contributed by atoms with E-state index in [1.165, 1.54) is 7.11 Å². The molecule has 0 fully saturated rings. The summed E-state index contributed by atoms with van der Waals surface area (Å²) < 4.78 is 8.40. The number of alkyl halides is 3. The maximum absolute atomic E-state index is 11.7. The fraction of sp³-hybridized carbons (Fsp3) is 0.750. The van der Waals surface area contributed by atoms with Crippen LogP contribution in [-0.4, -0.2) is 35.7 Å². The van der Waals surface area contributed by atoms with Gasteiger partial charge in [0.25, 0.3) is 9.70 Å². The summed E-state index contributed by atoms with van der Waals surface area (Å²) in [6.07, 6.45) is 1.96. The maximum Gasteiger partial charge on any atom is 0.272 e. The van der Waals surface area contributed by atoms with Gasteiger partial charge >= 0.3 is 0 Å². The Hall–Kier alpha value is -0.0000000000000000416. The number of hydrogen-bond acceptors (Lipinski definition) is 3. The van der Waals surface area contributed by atoms with Gasteiger partial charge in [0, 0.05) is 7.11 Å². The molecule has 0 saturated carbocycles. The molecule has 0 aliphatic heterocycles. The molecule has 0 unspecified atom stereocenters. The number of rotatable bonds is 8. The van der Waals surface area contributed by atoms with Crippen LogP contribution < -0.4 is 5.32 Å². The zero-order valence-electron chi connectivity index (χ0n) is 11.3. The molecule has 0 aliphatic carbocycles. The van der Waals surface area contributed by atoms with Gasteiger partial charge in [0.15, 0.2) is 0 Å². The van der Waals surface area contributed by atoms with Gasteiger partial charge in [-0.1, -0.05) is 54.7 Å². The second-order valence-corrected chi connectivity index (χ2v) is 6.76. The molecule has 0 heterocycles. The number of nitrogens with one attached hydrogen (secondary N) is 1. The van der Waals surface area contributed by atoms with Crippen molar-refractivity contribution in [2.75, 3.05) is 13.9 Å². The van der Waals surface area contributed by atoms with Crippen LogP contribution >= 0.6 is 34.8 Å². The van der Waals surface area contributed by atoms with E-state index >= 15 is 0 Å². The topological polar surface area (TPSA) is 47.6 Å². The Balaban J connectivity index is 4.72. The summed E-state index contributed by atoms with van der Waals surface area (Å²) in [5.41, 5.74) is 0. The molecule has 19 heavy (non-hydrogen) atoms. The van der Waals surface area contributed by atoms with E-state index in [1.807, 2.05) is 13.8 Å². The third kappa shape index (κ3) is 8.00. The van der Waals surface area contributed by atoms with E-state index in [0.29, 0.717) is 12.3 Å². The molecular weight excluding hydrogens is 312 g/mol. The SMILES string of the molecule is C=C[C@@H](NC(=O)C(Cl)(Cl)Cl)[C@H](CC(C)C)OCOC. The van der Waals surface area contributed by atoms with E-state index in [-0.39, 0.29) is 12.9 Å². The van der Waals surface area contributed by atoms with Crippen LogP contribution in [0.1, 0.15) is 20.3 Å². The average Bonchev–Trinajstić information content (AvgIpc) is 2.29. The predicted molar refractivity (Wildman–Crippen MR) is 78.6 cm³/mol. The Bertz CT molecular complexity index is 292. The Labute approximate surface area is 129 Å². The van der Waals surface area contributed by atoms with Crippen molar-refractivity contribution < 1.29 is 14.3 Å². The lowest BCUT2D eigenvalue weighted by molar-refractivity contribution is -0.124. The van der Waals surface area contributed by atoms with Crippen molar-refractivity contribution in [1.29, 1.82) is 0 Å². The first-order valence-electron chi connectivity index (χ1n) is 5.83. The van der Waals surface area contributed by atoms with Crippen LogP contribution in [0.3, 0.4) is 0 Å². The lowest BCUT2D eigenvalue weighted by Gasteiger charge is -2.28. The molecule has 1 amide bonds. The fourth-order valence-electron chi connectivity index (χ4n) is 1.48. The second kappa shape index (κ2) is 9.03. The molecule has 4 nitrogen and oxygen atoms in total. The molecule has 0 saturated heterocycles. The Morgan fingerprint density at radius 3 is 2.37 bits per heavy atom. The van der Waals surface area contributed by atoms with Crippen LogP contribution in [0.15, 0.2) is 12.7 Å². The predicted octanol–water partition coefficient (Wildman–Crippen LogP) is 3.06. The fourth-order valence-corrected chi connectivity index (χ4v) is 1.64. The van der Waals surface area contributed by atoms with E-state index in [0.717, 1.165) is 0 Å². The minimum atomic E-state index is -2.01. The van der Waals surface area contributed by atoms with E-state index in [4.69, 9.17) is 44.3 Å². The molecule has 7 heteroatoms. The van der Waals surface area contributed by atoms with Crippen molar-refractivity contribution in [3.63, 3.8) is 0 Å². The quantitative estimate of drug-likeness (QED) is 0.422. The van der Waals surface area contributed by atoms with E-state index in [9.17, 15) is 4.79 Å². The first-order chi connectivity index (χ1) is 8.72. The monoisotopic (exact) mass is 331 g/mol. The highest BCUT2D eigenvalue weighted by molar-refractivity contribution is 6.76. The molecule has 0 aromatic rings. The average molecular weight is 333 g/mol. The van der Waals surface area contributed by atoms with Crippen molar-refractivity contribution in [2.45, 2.75) is 36.2 Å². The summed E-state index contributed by atoms with van der Waals surface area (Å²) in [5, 5.41) is 2.59. The highest BCUT2D eigenvalue weighted by Crippen LogP contribution is 2.26. The molecule has 0 bridgehead atoms. The van der Waals surface area contributed by atoms with E-state index in [1.54, 1.807) is 6.08 Å². The number of carbonyl (C=O) groups excluding carboxylic acids is 1. The molecule has 1 N–H and O–H groups in total. The van der Waals surface area contributed by atoms with Gasteiger partial charge in [-0.2, -0.15) is 0 Å². The molecular formula is C12H20Cl3NO3. The summed E-state index contributed by atoms with van der Waals surface area (Å²) in [4.78, 5) is 11.7. The van der Waals surface area contributed by atoms with Crippen LogP contribution in [0.5, 0.6) is 0 Å². The molecule has 0 aromatic heterocycles. The van der Waals surface area contributed by atoms with Gasteiger partial charge in [-0.25, -0.2) is 0 Å². The van der Waals surface area contributed by atoms with Crippen molar-refractivity contribution in [2.24, 2.45) is 5.92 Å². The summed E-state index contributed by atoms with van der Waals surface area (Å²) in [6, 6.07) is -0.458. The highest BCUT2D eigenvalue weighted by Gasteiger charge is 2.33. The van der Waals surface area contributed by atoms with Crippen LogP contribution in [0, 0.1) is 5.92 Å². The molecule has 0 aromatic carbocycles. The third-order valence-electron chi connectivity index (χ3n) is 2.31. The number of methoxy groups -OCH3 is 1. The number of halogens is 3. The zero-order chi connectivity index (χ0) is 15.1. The second-order valence-electron chi connectivity index (χ2n) is 4.47. The minimum Gasteiger partial charge on any atom is -0.359 e. The van der Waals surface area contributed by atoms with Crippen molar-refractivity contribution in [1.82, 2.24) is 5.32 Å². The van der Waals surface area contributed by atoms with Crippen LogP contribution in [0.2, 0.25) is 0 Å². The van der Waals surface area contributed by atoms with Gasteiger partial charge in [-0.15, -0.1) is 6.58 Å². The summed E-state index contributed by atoms with van der Waals surface area (Å²) in [6.45, 7) is 7.87. The van der Waals surface area contributed by atoms with Crippen molar-refractivity contribution in [3.8, 4) is 0 Å². The summed E-state index contributed by atoms with van der Waals surface area (Å²) in [5.74, 6) is -0.342. The number of carbonyl (C=O) groups is 1. The van der Waals surface area contributed by atoms with Crippen LogP contribution in [-0.2, 0) is 14.3 Å². The molecule has 0 aliphatic rings. The standard InChI is InChI=1S/C12H20Cl3NO3/c1-5-9(16-11(17)12(13,14)15)10(6-8(2)3)19-7-18-4/h5,8-10H,1,6-7H2,2-4H3,(H,16,17)/t9-,10+/m1/s1. The smallest absolute Gasteiger partial charge is 0.272 e. The van der Waals surface area contributed by atoms with Gasteiger partial charge in [0.05, 0.1) is 12.1 Å². The van der Waals surface area contributed by atoms with Crippen molar-refractivity contribution in [3.05, 3.63) is 12.7 Å². The minimum absolute atomic E-state index is 0.116. The Kier molecular flexibility index (Phi) is 9.03. The van der Waals surface area contributed by atoms with Gasteiger partial charge < -0.3 is 14.8 Å². The first kappa shape index (κ1) is 19.0. The number of amides is 1. The summed E-state index contributed by atoms with van der Waals surface area (Å²) >= 11 is 16.6. The van der Waals surface area contributed by atoms with Gasteiger partial charge in [0.1, 0.15) is 6.79 Å². The van der Waals surface area contributed by atoms with Crippen molar-refractivity contribution >= 4 is 40.7 Å². The Morgan fingerprint density at radius 2 is 2.00 bits per heavy atom. The molecule has 0 spiro atoms. The van der Waals surface area contributed by atoms with E-state index < -0.39 is 15.7 Å². The largest absolute Gasteiger partial charge is 0.359 e. The molecule has 0 radical (unpaired) electrons. The molecule has 112 valence electrons. The Morgan fingerprint density at radius 1 is 1.42 bits per heavy atom. The molecule has 0 rings (SSSR count). The van der Waals surface area contributed by atoms with Gasteiger partial charge in [-0.3, -0.25) is 4.79 Å². The number of hydrogen-bond donors (Lipinski definition) is 1. The third-order valence-corrected chi connectivity index (χ3v) is 2.83. The highest BCUT2D eigenvalue weighted by atomic mass is 35.6. The summed E-state index contributed by atoms with van der Waals surface area (Å²) in [7, 11) is 1.52. The van der Waals surface area contributed by atoms with Gasteiger partial charge in [0.2, 0.25) is 0 Å². The maximum atomic E-state index is 11.7. The first-order valence-corrected chi connectivity index (χ1v) is 6.96. The molecule has 2 atom stereocenters. The van der Waals surface area contributed by atoms with Crippen LogP contribution in [0.25, 0.3) is 0 Å². The van der Waals surface area contributed by atoms with E-state index in [2.05, 4.69) is 11.9 Å². The number of ether oxygens (including phenoxy) is 2.